The van der Waals surface area contributed by atoms with Crippen molar-refractivity contribution in [3.05, 3.63) is 44.3 Å². The van der Waals surface area contributed by atoms with Crippen LogP contribution in [-0.2, 0) is 9.59 Å². The Morgan fingerprint density at radius 1 is 0.742 bits per heavy atom. The predicted octanol–water partition coefficient (Wildman–Crippen LogP) is 6.25. The molecule has 0 N–H and O–H groups in total. The summed E-state index contributed by atoms with van der Waals surface area (Å²) >= 11 is 1.90. The van der Waals surface area contributed by atoms with Gasteiger partial charge in [-0.15, -0.1) is 23.5 Å². The lowest BCUT2D eigenvalue weighted by Gasteiger charge is -2.51. The van der Waals surface area contributed by atoms with E-state index in [1.807, 2.05) is 0 Å². The SMILES string of the molecule is CCCC12SC(C=O)=CC1=C1C(=C3C=C(C=O)SC32CCC)C(F)(F)C(F)(F)C1(F)F. The molecule has 2 aliphatic carbocycles. The molecule has 2 unspecified atom stereocenters. The fourth-order valence-corrected chi connectivity index (χ4v) is 8.68. The van der Waals surface area contributed by atoms with E-state index in [1.54, 1.807) is 13.8 Å². The molecule has 10 heteroatoms. The van der Waals surface area contributed by atoms with Crippen LogP contribution in [0.15, 0.2) is 44.3 Å². The topological polar surface area (TPSA) is 34.1 Å². The molecule has 4 aliphatic rings. The van der Waals surface area contributed by atoms with Crippen LogP contribution in [0.25, 0.3) is 0 Å². The van der Waals surface area contributed by atoms with Gasteiger partial charge < -0.3 is 0 Å². The zero-order valence-corrected chi connectivity index (χ0v) is 18.2. The minimum Gasteiger partial charge on any atom is -0.297 e. The molecule has 2 atom stereocenters. The Bertz CT molecular complexity index is 931. The van der Waals surface area contributed by atoms with Gasteiger partial charge in [0.15, 0.2) is 12.6 Å². The summed E-state index contributed by atoms with van der Waals surface area (Å²) in [6.45, 7) is 3.53. The van der Waals surface area contributed by atoms with Gasteiger partial charge in [-0.3, -0.25) is 9.59 Å². The van der Waals surface area contributed by atoms with Crippen molar-refractivity contribution in [1.29, 1.82) is 0 Å². The Labute approximate surface area is 183 Å². The number of fused-ring (bicyclic) bond motifs is 4. The van der Waals surface area contributed by atoms with Crippen LogP contribution in [-0.4, -0.2) is 39.8 Å². The Morgan fingerprint density at radius 3 is 1.39 bits per heavy atom. The quantitative estimate of drug-likeness (QED) is 0.333. The van der Waals surface area contributed by atoms with Crippen molar-refractivity contribution >= 4 is 36.1 Å². The lowest BCUT2D eigenvalue weighted by Crippen LogP contribution is -2.53. The fraction of sp³-hybridized carbons (Fsp3) is 0.524. The van der Waals surface area contributed by atoms with Gasteiger partial charge >= 0.3 is 17.8 Å². The van der Waals surface area contributed by atoms with Crippen LogP contribution in [0.5, 0.6) is 0 Å². The molecular weight excluding hydrogens is 462 g/mol. The standard InChI is InChI=1S/C21H18F6O2S2/c1-3-5-17-13(7-11(9-28)30-17)15-16(20(24,25)21(26,27)19(15,22)23)14-8-12(10-29)31-18(14,17)6-4-2/h7-10H,3-6H2,1-2H3. The number of hydrogen-bond donors (Lipinski definition) is 0. The summed E-state index contributed by atoms with van der Waals surface area (Å²) in [7, 11) is 0. The van der Waals surface area contributed by atoms with E-state index >= 15 is 17.6 Å². The van der Waals surface area contributed by atoms with E-state index in [9.17, 15) is 18.4 Å². The Balaban J connectivity index is 2.22. The van der Waals surface area contributed by atoms with Gasteiger partial charge in [0.2, 0.25) is 0 Å². The van der Waals surface area contributed by atoms with Crippen molar-refractivity contribution in [2.24, 2.45) is 0 Å². The summed E-state index contributed by atoms with van der Waals surface area (Å²) in [6.07, 6.45) is 4.17. The zero-order chi connectivity index (χ0) is 23.0. The van der Waals surface area contributed by atoms with Crippen molar-refractivity contribution in [2.45, 2.75) is 66.8 Å². The molecular formula is C21H18F6O2S2. The number of allylic oxidation sites excluding steroid dienone is 6. The number of rotatable bonds is 6. The zero-order valence-electron chi connectivity index (χ0n) is 16.5. The van der Waals surface area contributed by atoms with Crippen LogP contribution in [0.1, 0.15) is 39.5 Å². The van der Waals surface area contributed by atoms with E-state index in [0.29, 0.717) is 25.4 Å². The lowest BCUT2D eigenvalue weighted by atomic mass is 9.66. The van der Waals surface area contributed by atoms with Crippen LogP contribution < -0.4 is 0 Å². The van der Waals surface area contributed by atoms with E-state index in [-0.39, 0.29) is 33.8 Å². The predicted molar refractivity (Wildman–Crippen MR) is 108 cm³/mol. The molecule has 4 rings (SSSR count). The largest absolute Gasteiger partial charge is 0.380 e. The average Bonchev–Trinajstić information content (AvgIpc) is 3.28. The first-order chi connectivity index (χ1) is 14.4. The second-order valence-corrected chi connectivity index (χ2v) is 10.7. The average molecular weight is 480 g/mol. The van der Waals surface area contributed by atoms with Gasteiger partial charge in [0, 0.05) is 21.0 Å². The first-order valence-corrected chi connectivity index (χ1v) is 11.4. The molecule has 0 radical (unpaired) electrons. The maximum atomic E-state index is 15.0. The van der Waals surface area contributed by atoms with Gasteiger partial charge in [0.25, 0.3) is 0 Å². The maximum Gasteiger partial charge on any atom is 0.380 e. The van der Waals surface area contributed by atoms with E-state index in [1.165, 1.54) is 0 Å². The van der Waals surface area contributed by atoms with Crippen LogP contribution in [0.2, 0.25) is 0 Å². The van der Waals surface area contributed by atoms with E-state index in [2.05, 4.69) is 0 Å². The van der Waals surface area contributed by atoms with Gasteiger partial charge in [0.05, 0.1) is 9.49 Å². The highest BCUT2D eigenvalue weighted by Gasteiger charge is 2.84. The van der Waals surface area contributed by atoms with Crippen molar-refractivity contribution < 1.29 is 35.9 Å². The smallest absolute Gasteiger partial charge is 0.297 e. The molecule has 1 saturated carbocycles. The molecule has 2 heterocycles. The number of thioether (sulfide) groups is 2. The highest BCUT2D eigenvalue weighted by Crippen LogP contribution is 2.75. The molecule has 0 saturated heterocycles. The third-order valence-corrected chi connectivity index (χ3v) is 9.59. The number of aldehydes is 2. The highest BCUT2D eigenvalue weighted by atomic mass is 32.2. The normalized spacial score (nSPS) is 34.2. The lowest BCUT2D eigenvalue weighted by molar-refractivity contribution is -0.258. The van der Waals surface area contributed by atoms with Gasteiger partial charge in [-0.1, -0.05) is 26.7 Å². The molecule has 0 aromatic heterocycles. The van der Waals surface area contributed by atoms with Gasteiger partial charge in [-0.25, -0.2) is 0 Å². The Kier molecular flexibility index (Phi) is 4.99. The second-order valence-electron chi connectivity index (χ2n) is 7.99. The minimum atomic E-state index is -5.64. The van der Waals surface area contributed by atoms with Crippen LogP contribution in [0, 0.1) is 0 Å². The number of carbonyl (C=O) groups is 2. The second kappa shape index (κ2) is 6.79. The third-order valence-electron chi connectivity index (χ3n) is 6.32. The molecule has 0 spiro atoms. The van der Waals surface area contributed by atoms with Gasteiger partial charge in [0.1, 0.15) is 0 Å². The molecule has 0 amide bonds. The van der Waals surface area contributed by atoms with Crippen LogP contribution in [0.3, 0.4) is 0 Å². The van der Waals surface area contributed by atoms with Gasteiger partial charge in [-0.05, 0) is 36.1 Å². The van der Waals surface area contributed by atoms with E-state index in [0.717, 1.165) is 35.7 Å². The van der Waals surface area contributed by atoms with Crippen molar-refractivity contribution in [3.63, 3.8) is 0 Å². The van der Waals surface area contributed by atoms with Gasteiger partial charge in [-0.2, -0.15) is 26.3 Å². The molecule has 0 bridgehead atoms. The molecule has 168 valence electrons. The molecule has 31 heavy (non-hydrogen) atoms. The van der Waals surface area contributed by atoms with E-state index in [4.69, 9.17) is 0 Å². The summed E-state index contributed by atoms with van der Waals surface area (Å²) in [5.74, 6) is -15.9. The summed E-state index contributed by atoms with van der Waals surface area (Å²) in [5.41, 5.74) is -3.48. The van der Waals surface area contributed by atoms with Crippen molar-refractivity contribution in [1.82, 2.24) is 0 Å². The third kappa shape index (κ3) is 2.41. The van der Waals surface area contributed by atoms with Crippen molar-refractivity contribution in [3.8, 4) is 0 Å². The van der Waals surface area contributed by atoms with Crippen LogP contribution in [0.4, 0.5) is 26.3 Å². The minimum absolute atomic E-state index is 0.0153. The molecule has 0 aromatic carbocycles. The molecule has 1 fully saturated rings. The first-order valence-electron chi connectivity index (χ1n) is 9.78. The number of hydrogen-bond acceptors (Lipinski definition) is 4. The number of halogens is 6. The summed E-state index contributed by atoms with van der Waals surface area (Å²) < 4.78 is 86.5. The fourth-order valence-electron chi connectivity index (χ4n) is 5.27. The highest BCUT2D eigenvalue weighted by molar-refractivity contribution is 8.10. The number of alkyl halides is 6. The maximum absolute atomic E-state index is 15.0. The van der Waals surface area contributed by atoms with E-state index < -0.39 is 38.4 Å². The molecule has 0 aromatic rings. The molecule has 2 nitrogen and oxygen atoms in total. The number of carbonyl (C=O) groups excluding carboxylic acids is 2. The summed E-state index contributed by atoms with van der Waals surface area (Å²) in [5, 5.41) is 0. The summed E-state index contributed by atoms with van der Waals surface area (Å²) in [6, 6.07) is 0. The molecule has 2 aliphatic heterocycles. The first kappa shape index (κ1) is 22.8. The van der Waals surface area contributed by atoms with Crippen LogP contribution >= 0.6 is 23.5 Å². The Morgan fingerprint density at radius 2 is 1.10 bits per heavy atom. The summed E-state index contributed by atoms with van der Waals surface area (Å²) in [4.78, 5) is 23.2. The monoisotopic (exact) mass is 480 g/mol. The Hall–Kier alpha value is -1.42. The van der Waals surface area contributed by atoms with Crippen molar-refractivity contribution in [2.75, 3.05) is 0 Å².